The van der Waals surface area contributed by atoms with Crippen LogP contribution in [0, 0.1) is 0 Å². The lowest BCUT2D eigenvalue weighted by atomic mass is 10.2. The third kappa shape index (κ3) is 5.48. The van der Waals surface area contributed by atoms with Gasteiger partial charge in [0.2, 0.25) is 10.0 Å². The van der Waals surface area contributed by atoms with Crippen molar-refractivity contribution in [3.8, 4) is 5.75 Å². The summed E-state index contributed by atoms with van der Waals surface area (Å²) >= 11 is 0. The van der Waals surface area contributed by atoms with Crippen molar-refractivity contribution in [1.29, 1.82) is 0 Å². The summed E-state index contributed by atoms with van der Waals surface area (Å²) in [5.74, 6) is 1.50. The van der Waals surface area contributed by atoms with Crippen LogP contribution in [0.1, 0.15) is 24.0 Å². The summed E-state index contributed by atoms with van der Waals surface area (Å²) in [4.78, 5) is 4.58. The van der Waals surface area contributed by atoms with Crippen LogP contribution in [0.25, 0.3) is 0 Å². The van der Waals surface area contributed by atoms with Crippen LogP contribution in [-0.2, 0) is 23.1 Å². The average molecular weight is 417 g/mol. The van der Waals surface area contributed by atoms with Crippen LogP contribution in [0.15, 0.2) is 58.4 Å². The molecule has 29 heavy (non-hydrogen) atoms. The molecule has 7 nitrogen and oxygen atoms in total. The lowest BCUT2D eigenvalue weighted by molar-refractivity contribution is 0.414. The van der Waals surface area contributed by atoms with Crippen molar-refractivity contribution in [2.45, 2.75) is 30.8 Å². The zero-order valence-corrected chi connectivity index (χ0v) is 17.7. The topological polar surface area (TPSA) is 83.0 Å². The first-order valence-corrected chi connectivity index (χ1v) is 11.1. The number of nitrogens with one attached hydrogen (secondary N) is 2. The second-order valence-corrected chi connectivity index (χ2v) is 8.82. The molecule has 0 aliphatic carbocycles. The maximum absolute atomic E-state index is 12.6. The Kier molecular flexibility index (Phi) is 7.11. The van der Waals surface area contributed by atoms with E-state index >= 15 is 0 Å². The molecule has 2 aromatic rings. The molecule has 1 heterocycles. The molecule has 8 heteroatoms. The summed E-state index contributed by atoms with van der Waals surface area (Å²) in [7, 11) is -0.00426. The van der Waals surface area contributed by atoms with Crippen LogP contribution in [0.2, 0.25) is 0 Å². The zero-order valence-electron chi connectivity index (χ0n) is 16.9. The highest BCUT2D eigenvalue weighted by Gasteiger charge is 2.26. The SMILES string of the molecule is CN=C(NCc1ccc(OC)cc1)NCc1ccc(S(=O)(=O)N2CCCC2)cc1. The van der Waals surface area contributed by atoms with Gasteiger partial charge in [0, 0.05) is 33.2 Å². The van der Waals surface area contributed by atoms with Crippen LogP contribution < -0.4 is 15.4 Å². The molecule has 1 fully saturated rings. The van der Waals surface area contributed by atoms with Crippen LogP contribution in [0.3, 0.4) is 0 Å². The van der Waals surface area contributed by atoms with Gasteiger partial charge in [0.25, 0.3) is 0 Å². The van der Waals surface area contributed by atoms with Crippen molar-refractivity contribution in [3.63, 3.8) is 0 Å². The molecule has 0 spiro atoms. The molecule has 1 aliphatic rings. The molecule has 2 aromatic carbocycles. The summed E-state index contributed by atoms with van der Waals surface area (Å²) in [6, 6.07) is 14.9. The number of benzene rings is 2. The Morgan fingerprint density at radius 3 is 1.97 bits per heavy atom. The molecular weight excluding hydrogens is 388 g/mol. The molecule has 2 N–H and O–H groups in total. The molecule has 0 atom stereocenters. The number of guanidine groups is 1. The van der Waals surface area contributed by atoms with Crippen LogP contribution in [-0.4, -0.2) is 45.9 Å². The quantitative estimate of drug-likeness (QED) is 0.535. The third-order valence-corrected chi connectivity index (χ3v) is 6.84. The molecule has 0 radical (unpaired) electrons. The highest BCUT2D eigenvalue weighted by molar-refractivity contribution is 7.89. The van der Waals surface area contributed by atoms with Crippen LogP contribution >= 0.6 is 0 Å². The standard InChI is InChI=1S/C21H28N4O3S/c1-22-21(23-15-17-5-9-19(28-2)10-6-17)24-16-18-7-11-20(12-8-18)29(26,27)25-13-3-4-14-25/h5-12H,3-4,13-16H2,1-2H3,(H2,22,23,24). The molecule has 0 unspecified atom stereocenters. The summed E-state index contributed by atoms with van der Waals surface area (Å²) in [6.45, 7) is 2.41. The van der Waals surface area contributed by atoms with E-state index in [1.54, 1.807) is 30.6 Å². The van der Waals surface area contributed by atoms with Gasteiger partial charge in [-0.05, 0) is 48.2 Å². The number of sulfonamides is 1. The number of rotatable bonds is 7. The van der Waals surface area contributed by atoms with E-state index in [-0.39, 0.29) is 0 Å². The van der Waals surface area contributed by atoms with E-state index in [1.165, 1.54) is 0 Å². The Hall–Kier alpha value is -2.58. The predicted octanol–water partition coefficient (Wildman–Crippen LogP) is 2.34. The van der Waals surface area contributed by atoms with Crippen molar-refractivity contribution in [2.75, 3.05) is 27.2 Å². The van der Waals surface area contributed by atoms with Gasteiger partial charge in [-0.15, -0.1) is 0 Å². The van der Waals surface area contributed by atoms with Gasteiger partial charge in [-0.25, -0.2) is 8.42 Å². The minimum Gasteiger partial charge on any atom is -0.497 e. The summed E-state index contributed by atoms with van der Waals surface area (Å²) < 4.78 is 31.9. The van der Waals surface area contributed by atoms with Gasteiger partial charge in [-0.2, -0.15) is 4.31 Å². The van der Waals surface area contributed by atoms with Crippen molar-refractivity contribution in [3.05, 3.63) is 59.7 Å². The first-order chi connectivity index (χ1) is 14.0. The van der Waals surface area contributed by atoms with Gasteiger partial charge in [0.05, 0.1) is 12.0 Å². The predicted molar refractivity (Wildman–Crippen MR) is 114 cm³/mol. The molecule has 0 amide bonds. The normalized spacial score (nSPS) is 15.3. The van der Waals surface area contributed by atoms with Crippen LogP contribution in [0.4, 0.5) is 0 Å². The van der Waals surface area contributed by atoms with E-state index in [4.69, 9.17) is 4.74 Å². The molecule has 0 saturated carbocycles. The molecule has 1 aliphatic heterocycles. The van der Waals surface area contributed by atoms with Crippen LogP contribution in [0.5, 0.6) is 5.75 Å². The zero-order chi connectivity index (χ0) is 20.7. The van der Waals surface area contributed by atoms with E-state index in [1.807, 2.05) is 36.4 Å². The van der Waals surface area contributed by atoms with Gasteiger partial charge in [0.1, 0.15) is 5.75 Å². The van der Waals surface area contributed by atoms with Crippen molar-refractivity contribution in [1.82, 2.24) is 14.9 Å². The molecule has 0 bridgehead atoms. The second-order valence-electron chi connectivity index (χ2n) is 6.88. The van der Waals surface area contributed by atoms with Crippen molar-refractivity contribution in [2.24, 2.45) is 4.99 Å². The highest BCUT2D eigenvalue weighted by atomic mass is 32.2. The minimum absolute atomic E-state index is 0.352. The number of hydrogen-bond acceptors (Lipinski definition) is 4. The van der Waals surface area contributed by atoms with Gasteiger partial charge in [-0.3, -0.25) is 4.99 Å². The van der Waals surface area contributed by atoms with E-state index in [9.17, 15) is 8.42 Å². The van der Waals surface area contributed by atoms with Crippen molar-refractivity contribution < 1.29 is 13.2 Å². The second kappa shape index (κ2) is 9.76. The van der Waals surface area contributed by atoms with Gasteiger partial charge in [0.15, 0.2) is 5.96 Å². The van der Waals surface area contributed by atoms with Crippen molar-refractivity contribution >= 4 is 16.0 Å². The van der Waals surface area contributed by atoms with Gasteiger partial charge >= 0.3 is 0 Å². The molecule has 0 aromatic heterocycles. The molecular formula is C21H28N4O3S. The highest BCUT2D eigenvalue weighted by Crippen LogP contribution is 2.21. The summed E-state index contributed by atoms with van der Waals surface area (Å²) in [5.41, 5.74) is 2.10. The number of methoxy groups -OCH3 is 1. The third-order valence-electron chi connectivity index (χ3n) is 4.93. The Bertz CT molecular complexity index is 919. The van der Waals surface area contributed by atoms with E-state index in [0.717, 1.165) is 29.7 Å². The number of aliphatic imine (C=N–C) groups is 1. The fourth-order valence-electron chi connectivity index (χ4n) is 3.19. The number of hydrogen-bond donors (Lipinski definition) is 2. The summed E-state index contributed by atoms with van der Waals surface area (Å²) in [6.07, 6.45) is 1.87. The Morgan fingerprint density at radius 1 is 0.966 bits per heavy atom. The molecule has 3 rings (SSSR count). The van der Waals surface area contributed by atoms with E-state index in [2.05, 4.69) is 15.6 Å². The number of nitrogens with zero attached hydrogens (tertiary/aromatic N) is 2. The maximum Gasteiger partial charge on any atom is 0.243 e. The Labute approximate surface area is 172 Å². The first-order valence-electron chi connectivity index (χ1n) is 9.69. The Morgan fingerprint density at radius 2 is 1.48 bits per heavy atom. The lowest BCUT2D eigenvalue weighted by Crippen LogP contribution is -2.36. The van der Waals surface area contributed by atoms with Gasteiger partial charge in [-0.1, -0.05) is 24.3 Å². The Balaban J connectivity index is 1.52. The number of ether oxygens (including phenoxy) is 1. The lowest BCUT2D eigenvalue weighted by Gasteiger charge is -2.16. The minimum atomic E-state index is -3.37. The van der Waals surface area contributed by atoms with Gasteiger partial charge < -0.3 is 15.4 Å². The monoisotopic (exact) mass is 416 g/mol. The fraction of sp³-hybridized carbons (Fsp3) is 0.381. The van der Waals surface area contributed by atoms with E-state index in [0.29, 0.717) is 37.0 Å². The molecule has 156 valence electrons. The average Bonchev–Trinajstić information content (AvgIpc) is 3.30. The summed E-state index contributed by atoms with van der Waals surface area (Å²) in [5, 5.41) is 6.51. The first kappa shape index (κ1) is 21.1. The molecule has 1 saturated heterocycles. The smallest absolute Gasteiger partial charge is 0.243 e. The largest absolute Gasteiger partial charge is 0.497 e. The maximum atomic E-state index is 12.6. The van der Waals surface area contributed by atoms with E-state index < -0.39 is 10.0 Å². The fourth-order valence-corrected chi connectivity index (χ4v) is 4.71.